The molecule has 0 aliphatic carbocycles. The third-order valence-corrected chi connectivity index (χ3v) is 13.5. The second-order valence-corrected chi connectivity index (χ2v) is 18.2. The quantitative estimate of drug-likeness (QED) is 0.167. The highest BCUT2D eigenvalue weighted by Gasteiger charge is 2.41. The van der Waals surface area contributed by atoms with Crippen molar-refractivity contribution < 1.29 is 33.3 Å². The third-order valence-electron chi connectivity index (χ3n) is 8.99. The molecule has 0 unspecified atom stereocenters. The summed E-state index contributed by atoms with van der Waals surface area (Å²) in [5, 5.41) is 9.92. The minimum absolute atomic E-state index is 0.0161. The Morgan fingerprint density at radius 3 is 2.05 bits per heavy atom. The van der Waals surface area contributed by atoms with E-state index in [1.807, 2.05) is 13.8 Å². The molecule has 1 aliphatic heterocycles. The summed E-state index contributed by atoms with van der Waals surface area (Å²) in [4.78, 5) is 12.9. The molecule has 38 heavy (non-hydrogen) atoms. The van der Waals surface area contributed by atoms with Crippen molar-refractivity contribution in [1.82, 2.24) is 0 Å². The second-order valence-electron chi connectivity index (χ2n) is 13.4. The lowest BCUT2D eigenvalue weighted by Gasteiger charge is -2.41. The van der Waals surface area contributed by atoms with Crippen LogP contribution < -0.4 is 0 Å². The molecule has 8 atom stereocenters. The third kappa shape index (κ3) is 10.5. The van der Waals surface area contributed by atoms with E-state index in [1.165, 1.54) is 0 Å². The summed E-state index contributed by atoms with van der Waals surface area (Å²) >= 11 is 0. The van der Waals surface area contributed by atoms with Gasteiger partial charge in [-0.1, -0.05) is 55.4 Å². The largest absolute Gasteiger partial charge is 0.460 e. The average Bonchev–Trinajstić information content (AvgIpc) is 3.38. The molecule has 1 rings (SSSR count). The number of esters is 1. The molecule has 0 aromatic rings. The lowest BCUT2D eigenvalue weighted by Crippen LogP contribution is -2.46. The first-order valence-corrected chi connectivity index (χ1v) is 17.7. The fraction of sp³-hybridized carbons (Fsp3) is 0.967. The van der Waals surface area contributed by atoms with Gasteiger partial charge in [0.2, 0.25) is 0 Å². The Morgan fingerprint density at radius 1 is 0.974 bits per heavy atom. The van der Waals surface area contributed by atoms with Crippen LogP contribution in [0.15, 0.2) is 0 Å². The minimum Gasteiger partial charge on any atom is -0.460 e. The van der Waals surface area contributed by atoms with E-state index < -0.39 is 14.4 Å². The van der Waals surface area contributed by atoms with Gasteiger partial charge in [-0.25, -0.2) is 4.79 Å². The van der Waals surface area contributed by atoms with Gasteiger partial charge in [0.1, 0.15) is 6.10 Å². The van der Waals surface area contributed by atoms with Crippen molar-refractivity contribution in [2.45, 2.75) is 136 Å². The molecule has 0 saturated carbocycles. The Labute approximate surface area is 234 Å². The highest BCUT2D eigenvalue weighted by atomic mass is 28.4. The number of rotatable bonds is 17. The van der Waals surface area contributed by atoms with Crippen LogP contribution >= 0.6 is 0 Å². The topological polar surface area (TPSA) is 83.5 Å². The predicted octanol–water partition coefficient (Wildman–Crippen LogP) is 6.22. The van der Waals surface area contributed by atoms with Gasteiger partial charge in [-0.3, -0.25) is 0 Å². The SMILES string of the molecule is CO[C@@H]([C@@H](C)[C@@H](CC[C@H](C)[C@H](C[C@H](O[Si](C)(C)C(C)(C)C)C(C)C)OC)OC(=O)[C@H]1CCCO1)[C@H](C)CO. The van der Waals surface area contributed by atoms with Crippen molar-refractivity contribution in [2.24, 2.45) is 23.7 Å². The van der Waals surface area contributed by atoms with Crippen molar-refractivity contribution in [3.05, 3.63) is 0 Å². The second kappa shape index (κ2) is 16.1. The summed E-state index contributed by atoms with van der Waals surface area (Å²) in [5.74, 6) is 0.200. The maximum absolute atomic E-state index is 12.9. The van der Waals surface area contributed by atoms with Gasteiger partial charge in [0.05, 0.1) is 12.2 Å². The van der Waals surface area contributed by atoms with E-state index >= 15 is 0 Å². The van der Waals surface area contributed by atoms with Crippen LogP contribution in [0.1, 0.15) is 87.5 Å². The summed E-state index contributed by atoms with van der Waals surface area (Å²) in [6.45, 7) is 22.7. The zero-order valence-corrected chi connectivity index (χ0v) is 27.5. The first-order chi connectivity index (χ1) is 17.6. The molecule has 1 N–H and O–H groups in total. The first kappa shape index (κ1) is 35.5. The van der Waals surface area contributed by atoms with Crippen LogP contribution in [-0.2, 0) is 28.2 Å². The van der Waals surface area contributed by atoms with Crippen LogP contribution in [-0.4, -0.2) is 77.3 Å². The van der Waals surface area contributed by atoms with Gasteiger partial charge < -0.3 is 28.5 Å². The molecule has 1 heterocycles. The molecule has 1 fully saturated rings. The van der Waals surface area contributed by atoms with Crippen LogP contribution in [0.4, 0.5) is 0 Å². The lowest BCUT2D eigenvalue weighted by atomic mass is 9.84. The van der Waals surface area contributed by atoms with Crippen LogP contribution in [0.2, 0.25) is 18.1 Å². The van der Waals surface area contributed by atoms with Crippen molar-refractivity contribution in [1.29, 1.82) is 0 Å². The normalized spacial score (nSPS) is 22.5. The first-order valence-electron chi connectivity index (χ1n) is 14.8. The molecule has 0 aromatic carbocycles. The van der Waals surface area contributed by atoms with E-state index in [1.54, 1.807) is 14.2 Å². The maximum Gasteiger partial charge on any atom is 0.335 e. The molecule has 8 heteroatoms. The van der Waals surface area contributed by atoms with Crippen LogP contribution in [0.3, 0.4) is 0 Å². The highest BCUT2D eigenvalue weighted by Crippen LogP contribution is 2.39. The van der Waals surface area contributed by atoms with Gasteiger partial charge in [-0.05, 0) is 62.1 Å². The number of carbonyl (C=O) groups excluding carboxylic acids is 1. The van der Waals surface area contributed by atoms with Gasteiger partial charge in [0.25, 0.3) is 0 Å². The maximum atomic E-state index is 12.9. The number of aliphatic hydroxyl groups is 1. The molecule has 0 bridgehead atoms. The van der Waals surface area contributed by atoms with Crippen LogP contribution in [0.25, 0.3) is 0 Å². The van der Waals surface area contributed by atoms with Crippen LogP contribution in [0.5, 0.6) is 0 Å². The molecular weight excluding hydrogens is 500 g/mol. The Balaban J connectivity index is 2.98. The summed E-state index contributed by atoms with van der Waals surface area (Å²) in [7, 11) is 1.52. The predicted molar refractivity (Wildman–Crippen MR) is 156 cm³/mol. The lowest BCUT2D eigenvalue weighted by molar-refractivity contribution is -0.167. The van der Waals surface area contributed by atoms with Gasteiger partial charge >= 0.3 is 5.97 Å². The van der Waals surface area contributed by atoms with E-state index in [-0.39, 0.29) is 59.8 Å². The van der Waals surface area contributed by atoms with Gasteiger partial charge in [0.15, 0.2) is 14.4 Å². The van der Waals surface area contributed by atoms with Crippen LogP contribution in [0, 0.1) is 23.7 Å². The zero-order chi connectivity index (χ0) is 29.3. The Kier molecular flexibility index (Phi) is 15.0. The summed E-state index contributed by atoms with van der Waals surface area (Å²) in [6.07, 6.45) is 3.05. The fourth-order valence-electron chi connectivity index (χ4n) is 5.11. The average molecular weight is 561 g/mol. The number of aliphatic hydroxyl groups excluding tert-OH is 1. The molecule has 226 valence electrons. The van der Waals surface area contributed by atoms with Crippen molar-refractivity contribution in [3.8, 4) is 0 Å². The minimum atomic E-state index is -1.92. The van der Waals surface area contributed by atoms with Gasteiger partial charge in [0, 0.05) is 45.4 Å². The van der Waals surface area contributed by atoms with E-state index in [0.29, 0.717) is 25.4 Å². The molecular formula is C30H60O7Si. The fourth-order valence-corrected chi connectivity index (χ4v) is 6.59. The summed E-state index contributed by atoms with van der Waals surface area (Å²) in [5.41, 5.74) is 0. The summed E-state index contributed by atoms with van der Waals surface area (Å²) < 4.78 is 30.3. The Hall–Kier alpha value is -0.513. The van der Waals surface area contributed by atoms with Gasteiger partial charge in [-0.15, -0.1) is 0 Å². The molecule has 0 spiro atoms. The monoisotopic (exact) mass is 560 g/mol. The van der Waals surface area contributed by atoms with Crippen molar-refractivity contribution in [2.75, 3.05) is 27.4 Å². The molecule has 0 amide bonds. The van der Waals surface area contributed by atoms with E-state index in [4.69, 9.17) is 23.4 Å². The van der Waals surface area contributed by atoms with E-state index in [2.05, 4.69) is 54.6 Å². The number of ether oxygens (including phenoxy) is 4. The number of hydrogen-bond donors (Lipinski definition) is 1. The highest BCUT2D eigenvalue weighted by molar-refractivity contribution is 6.74. The standard InChI is InChI=1S/C30H60O7Si/c1-20(2)26(37-38(11,12)30(6,7)8)18-27(33-9)21(3)15-16-24(23(5)28(34-10)22(4)19-31)36-29(32)25-14-13-17-35-25/h20-28,31H,13-19H2,1-12H3/t21-,22+,23-,24+,25+,26-,27-,28+/m0/s1. The van der Waals surface area contributed by atoms with Crippen molar-refractivity contribution in [3.63, 3.8) is 0 Å². The van der Waals surface area contributed by atoms with Gasteiger partial charge in [-0.2, -0.15) is 0 Å². The smallest absolute Gasteiger partial charge is 0.335 e. The number of methoxy groups -OCH3 is 2. The molecule has 1 aliphatic rings. The number of hydrogen-bond acceptors (Lipinski definition) is 7. The van der Waals surface area contributed by atoms with E-state index in [0.717, 1.165) is 19.3 Å². The Morgan fingerprint density at radius 2 is 1.61 bits per heavy atom. The molecule has 1 saturated heterocycles. The zero-order valence-electron chi connectivity index (χ0n) is 26.5. The van der Waals surface area contributed by atoms with Crippen molar-refractivity contribution >= 4 is 14.3 Å². The Bertz CT molecular complexity index is 672. The molecule has 7 nitrogen and oxygen atoms in total. The molecule has 0 aromatic heterocycles. The van der Waals surface area contributed by atoms with E-state index in [9.17, 15) is 9.90 Å². The number of carbonyl (C=O) groups is 1. The summed E-state index contributed by atoms with van der Waals surface area (Å²) in [6, 6.07) is 0. The molecule has 0 radical (unpaired) electrons.